The van der Waals surface area contributed by atoms with Gasteiger partial charge in [-0.25, -0.2) is 0 Å². The van der Waals surface area contributed by atoms with Gasteiger partial charge in [-0.05, 0) is 18.2 Å². The summed E-state index contributed by atoms with van der Waals surface area (Å²) < 4.78 is 5.25. The van der Waals surface area contributed by atoms with Crippen molar-refractivity contribution in [2.75, 3.05) is 14.2 Å². The van der Waals surface area contributed by atoms with Gasteiger partial charge < -0.3 is 14.6 Å². The van der Waals surface area contributed by atoms with Crippen LogP contribution in [-0.4, -0.2) is 29.9 Å². The Hall–Kier alpha value is -2.56. The van der Waals surface area contributed by atoms with Crippen molar-refractivity contribution in [3.8, 4) is 5.75 Å². The lowest BCUT2D eigenvalue weighted by Gasteiger charge is -2.18. The topological polar surface area (TPSA) is 62.4 Å². The minimum Gasteiger partial charge on any atom is -0.496 e. The molecule has 1 aromatic carbocycles. The fourth-order valence-corrected chi connectivity index (χ4v) is 1.96. The van der Waals surface area contributed by atoms with Gasteiger partial charge in [-0.2, -0.15) is 0 Å². The summed E-state index contributed by atoms with van der Waals surface area (Å²) in [5.41, 5.74) is 0.632. The highest BCUT2D eigenvalue weighted by Gasteiger charge is 2.16. The first-order chi connectivity index (χ1) is 9.63. The first kappa shape index (κ1) is 13.9. The Morgan fingerprint density at radius 1 is 1.25 bits per heavy atom. The van der Waals surface area contributed by atoms with E-state index in [1.807, 2.05) is 24.3 Å². The minimum absolute atomic E-state index is 0.130. The van der Waals surface area contributed by atoms with Gasteiger partial charge in [0.2, 0.25) is 0 Å². The Bertz CT molecular complexity index is 664. The van der Waals surface area contributed by atoms with Crippen molar-refractivity contribution in [3.63, 3.8) is 0 Å². The maximum absolute atomic E-state index is 12.2. The summed E-state index contributed by atoms with van der Waals surface area (Å²) in [6.07, 6.45) is 1.50. The number of methoxy groups -OCH3 is 1. The zero-order chi connectivity index (χ0) is 14.5. The van der Waals surface area contributed by atoms with E-state index >= 15 is 0 Å². The molecule has 5 heteroatoms. The molecule has 0 radical (unpaired) electrons. The normalized spacial score (nSPS) is 10.1. The van der Waals surface area contributed by atoms with E-state index in [-0.39, 0.29) is 17.0 Å². The summed E-state index contributed by atoms with van der Waals surface area (Å²) in [5, 5.41) is 0. The summed E-state index contributed by atoms with van der Waals surface area (Å²) >= 11 is 0. The van der Waals surface area contributed by atoms with Crippen molar-refractivity contribution in [1.82, 2.24) is 9.88 Å². The Morgan fingerprint density at radius 3 is 2.70 bits per heavy atom. The predicted octanol–water partition coefficient (Wildman–Crippen LogP) is 1.66. The van der Waals surface area contributed by atoms with E-state index in [1.54, 1.807) is 20.2 Å². The maximum Gasteiger partial charge on any atom is 0.260 e. The van der Waals surface area contributed by atoms with Crippen LogP contribution >= 0.6 is 0 Å². The van der Waals surface area contributed by atoms with E-state index in [0.717, 1.165) is 5.56 Å². The molecule has 2 aromatic rings. The number of benzene rings is 1. The number of nitrogens with zero attached hydrogens (tertiary/aromatic N) is 1. The maximum atomic E-state index is 12.2. The van der Waals surface area contributed by atoms with Crippen molar-refractivity contribution in [2.45, 2.75) is 6.54 Å². The average Bonchev–Trinajstić information content (AvgIpc) is 2.47. The van der Waals surface area contributed by atoms with Gasteiger partial charge in [0.15, 0.2) is 0 Å². The third-order valence-corrected chi connectivity index (χ3v) is 3.00. The van der Waals surface area contributed by atoms with E-state index in [2.05, 4.69) is 4.98 Å². The van der Waals surface area contributed by atoms with Crippen LogP contribution in [0.2, 0.25) is 0 Å². The van der Waals surface area contributed by atoms with E-state index < -0.39 is 0 Å². The van der Waals surface area contributed by atoms with E-state index in [0.29, 0.717) is 12.3 Å². The molecule has 0 aliphatic rings. The highest BCUT2D eigenvalue weighted by molar-refractivity contribution is 5.93. The van der Waals surface area contributed by atoms with Crippen LogP contribution in [0.3, 0.4) is 0 Å². The number of amides is 1. The molecule has 1 aromatic heterocycles. The highest BCUT2D eigenvalue weighted by atomic mass is 16.5. The molecule has 1 amide bonds. The number of carbonyl (C=O) groups excluding carboxylic acids is 1. The Morgan fingerprint density at radius 2 is 2.00 bits per heavy atom. The van der Waals surface area contributed by atoms with Gasteiger partial charge in [-0.3, -0.25) is 9.59 Å². The summed E-state index contributed by atoms with van der Waals surface area (Å²) in [5.74, 6) is 0.395. The smallest absolute Gasteiger partial charge is 0.260 e. The Balaban J connectivity index is 2.20. The molecule has 104 valence electrons. The lowest BCUT2D eigenvalue weighted by molar-refractivity contribution is 0.0782. The minimum atomic E-state index is -0.385. The van der Waals surface area contributed by atoms with Crippen molar-refractivity contribution in [1.29, 1.82) is 0 Å². The first-order valence-corrected chi connectivity index (χ1v) is 6.18. The van der Waals surface area contributed by atoms with E-state index in [1.165, 1.54) is 17.2 Å². The van der Waals surface area contributed by atoms with Crippen LogP contribution in [0, 0.1) is 0 Å². The van der Waals surface area contributed by atoms with Gasteiger partial charge in [-0.1, -0.05) is 18.2 Å². The molecule has 0 fully saturated rings. The fourth-order valence-electron chi connectivity index (χ4n) is 1.96. The molecular formula is C15H16N2O3. The summed E-state index contributed by atoms with van der Waals surface area (Å²) in [6.45, 7) is 0.372. The number of carbonyl (C=O) groups is 1. The van der Waals surface area contributed by atoms with Crippen LogP contribution < -0.4 is 10.3 Å². The molecule has 0 atom stereocenters. The molecular weight excluding hydrogens is 256 g/mol. The van der Waals surface area contributed by atoms with Crippen LogP contribution in [0.1, 0.15) is 15.9 Å². The van der Waals surface area contributed by atoms with Gasteiger partial charge in [0.1, 0.15) is 11.3 Å². The second-order valence-corrected chi connectivity index (χ2v) is 4.39. The third kappa shape index (κ3) is 2.88. The Kier molecular flexibility index (Phi) is 4.20. The average molecular weight is 272 g/mol. The molecule has 20 heavy (non-hydrogen) atoms. The fraction of sp³-hybridized carbons (Fsp3) is 0.200. The van der Waals surface area contributed by atoms with Crippen molar-refractivity contribution in [3.05, 3.63) is 64.1 Å². The molecule has 0 saturated heterocycles. The molecule has 0 saturated carbocycles. The van der Waals surface area contributed by atoms with Crippen molar-refractivity contribution >= 4 is 5.91 Å². The largest absolute Gasteiger partial charge is 0.496 e. The van der Waals surface area contributed by atoms with E-state index in [4.69, 9.17) is 4.74 Å². The van der Waals surface area contributed by atoms with E-state index in [9.17, 15) is 9.59 Å². The van der Waals surface area contributed by atoms with Crippen LogP contribution in [0.5, 0.6) is 5.75 Å². The molecule has 0 spiro atoms. The molecule has 5 nitrogen and oxygen atoms in total. The molecule has 1 heterocycles. The van der Waals surface area contributed by atoms with Crippen LogP contribution in [-0.2, 0) is 6.54 Å². The number of pyridine rings is 1. The number of para-hydroxylation sites is 1. The number of hydrogen-bond acceptors (Lipinski definition) is 3. The number of ether oxygens (including phenoxy) is 1. The number of hydrogen-bond donors (Lipinski definition) is 1. The van der Waals surface area contributed by atoms with Gasteiger partial charge in [0, 0.05) is 25.4 Å². The van der Waals surface area contributed by atoms with Crippen LogP contribution in [0.15, 0.2) is 47.4 Å². The first-order valence-electron chi connectivity index (χ1n) is 6.18. The third-order valence-electron chi connectivity index (χ3n) is 3.00. The molecule has 0 aliphatic carbocycles. The lowest BCUT2D eigenvalue weighted by Crippen LogP contribution is -2.31. The molecule has 1 N–H and O–H groups in total. The van der Waals surface area contributed by atoms with Crippen molar-refractivity contribution < 1.29 is 9.53 Å². The molecule has 2 rings (SSSR count). The quantitative estimate of drug-likeness (QED) is 0.920. The second kappa shape index (κ2) is 6.06. The highest BCUT2D eigenvalue weighted by Crippen LogP contribution is 2.19. The monoisotopic (exact) mass is 272 g/mol. The summed E-state index contributed by atoms with van der Waals surface area (Å²) in [4.78, 5) is 27.8. The lowest BCUT2D eigenvalue weighted by atomic mass is 10.1. The SMILES string of the molecule is COc1ccccc1CN(C)C(=O)c1ccc[nH]c1=O. The molecule has 0 unspecified atom stereocenters. The van der Waals surface area contributed by atoms with Gasteiger partial charge in [0.25, 0.3) is 11.5 Å². The number of rotatable bonds is 4. The van der Waals surface area contributed by atoms with Gasteiger partial charge >= 0.3 is 0 Å². The molecule has 0 aliphatic heterocycles. The number of H-pyrrole nitrogens is 1. The van der Waals surface area contributed by atoms with Crippen molar-refractivity contribution in [2.24, 2.45) is 0 Å². The standard InChI is InChI=1S/C15H16N2O3/c1-17(10-11-6-3-4-8-13(11)20-2)15(19)12-7-5-9-16-14(12)18/h3-9H,10H2,1-2H3,(H,16,18). The number of nitrogens with one attached hydrogen (secondary N) is 1. The molecule has 0 bridgehead atoms. The zero-order valence-corrected chi connectivity index (χ0v) is 11.4. The zero-order valence-electron chi connectivity index (χ0n) is 11.4. The van der Waals surface area contributed by atoms with Crippen LogP contribution in [0.4, 0.5) is 0 Å². The predicted molar refractivity (Wildman–Crippen MR) is 75.9 cm³/mol. The van der Waals surface area contributed by atoms with Gasteiger partial charge in [-0.15, -0.1) is 0 Å². The second-order valence-electron chi connectivity index (χ2n) is 4.39. The summed E-state index contributed by atoms with van der Waals surface area (Å²) in [6, 6.07) is 10.6. The number of aromatic amines is 1. The summed E-state index contributed by atoms with van der Waals surface area (Å²) in [7, 11) is 3.24. The number of aromatic nitrogens is 1. The van der Waals surface area contributed by atoms with Crippen LogP contribution in [0.25, 0.3) is 0 Å². The Labute approximate surface area is 116 Å². The van der Waals surface area contributed by atoms with Gasteiger partial charge in [0.05, 0.1) is 7.11 Å².